The number of para-hydroxylation sites is 1. The molecule has 0 bridgehead atoms. The normalized spacial score (nSPS) is 21.6. The van der Waals surface area contributed by atoms with Gasteiger partial charge < -0.3 is 19.3 Å². The lowest BCUT2D eigenvalue weighted by molar-refractivity contribution is -0.158. The fraction of sp³-hybridized carbons (Fsp3) is 0.161. The van der Waals surface area contributed by atoms with Gasteiger partial charge in [0.05, 0.1) is 11.8 Å². The second kappa shape index (κ2) is 9.47. The van der Waals surface area contributed by atoms with Crippen LogP contribution in [-0.4, -0.2) is 23.8 Å². The van der Waals surface area contributed by atoms with E-state index in [0.717, 1.165) is 22.3 Å². The van der Waals surface area contributed by atoms with E-state index in [4.69, 9.17) is 14.2 Å². The third-order valence-electron chi connectivity index (χ3n) is 7.26. The summed E-state index contributed by atoms with van der Waals surface area (Å²) < 4.78 is 17.0. The summed E-state index contributed by atoms with van der Waals surface area (Å²) in [6, 6.07) is 31.6. The number of ether oxygens (including phenoxy) is 3. The van der Waals surface area contributed by atoms with E-state index in [1.807, 2.05) is 97.1 Å². The lowest BCUT2D eigenvalue weighted by Gasteiger charge is -2.49. The van der Waals surface area contributed by atoms with Crippen molar-refractivity contribution < 1.29 is 28.9 Å². The van der Waals surface area contributed by atoms with Crippen molar-refractivity contribution >= 4 is 11.9 Å². The largest absolute Gasteiger partial charge is 0.481 e. The van der Waals surface area contributed by atoms with Crippen LogP contribution < -0.4 is 14.2 Å². The molecule has 1 saturated carbocycles. The first-order valence-electron chi connectivity index (χ1n) is 12.2. The zero-order valence-corrected chi connectivity index (χ0v) is 19.8. The van der Waals surface area contributed by atoms with Crippen LogP contribution in [-0.2, 0) is 9.59 Å². The number of rotatable bonds is 6. The Morgan fingerprint density at radius 2 is 1.30 bits per heavy atom. The van der Waals surface area contributed by atoms with Crippen LogP contribution in [0.25, 0.3) is 11.1 Å². The smallest absolute Gasteiger partial charge is 0.315 e. The van der Waals surface area contributed by atoms with Gasteiger partial charge in [0.1, 0.15) is 5.75 Å². The zero-order valence-electron chi connectivity index (χ0n) is 19.8. The number of carboxylic acids is 1. The number of hydrogen-bond donors (Lipinski definition) is 1. The summed E-state index contributed by atoms with van der Waals surface area (Å²) in [6.07, 6.45) is 0. The van der Waals surface area contributed by atoms with E-state index >= 15 is 0 Å². The van der Waals surface area contributed by atoms with Crippen molar-refractivity contribution in [2.75, 3.05) is 6.79 Å². The van der Waals surface area contributed by atoms with Gasteiger partial charge in [0.15, 0.2) is 11.5 Å². The highest BCUT2D eigenvalue weighted by Gasteiger charge is 2.59. The Labute approximate surface area is 214 Å². The van der Waals surface area contributed by atoms with Crippen LogP contribution in [0.4, 0.5) is 0 Å². The van der Waals surface area contributed by atoms with Crippen molar-refractivity contribution in [1.29, 1.82) is 0 Å². The van der Waals surface area contributed by atoms with Crippen molar-refractivity contribution in [3.05, 3.63) is 114 Å². The van der Waals surface area contributed by atoms with Gasteiger partial charge in [-0.1, -0.05) is 84.9 Å². The molecule has 4 aromatic carbocycles. The summed E-state index contributed by atoms with van der Waals surface area (Å²) in [5.74, 6) is -2.07. The monoisotopic (exact) mass is 492 g/mol. The maximum Gasteiger partial charge on any atom is 0.315 e. The van der Waals surface area contributed by atoms with Gasteiger partial charge in [-0.05, 0) is 34.9 Å². The van der Waals surface area contributed by atoms with Gasteiger partial charge >= 0.3 is 11.9 Å². The van der Waals surface area contributed by atoms with Gasteiger partial charge in [-0.25, -0.2) is 0 Å². The number of hydrogen-bond acceptors (Lipinski definition) is 5. The molecule has 1 aliphatic heterocycles. The number of esters is 1. The van der Waals surface area contributed by atoms with Crippen LogP contribution in [0, 0.1) is 11.8 Å². The first-order chi connectivity index (χ1) is 18.1. The minimum Gasteiger partial charge on any atom is -0.481 e. The van der Waals surface area contributed by atoms with Crippen molar-refractivity contribution in [2.24, 2.45) is 11.8 Å². The molecule has 0 radical (unpaired) electrons. The molecule has 0 amide bonds. The SMILES string of the molecule is O=C(O)[C@H]1C(c2ccccc2)[C@H](C(=O)Oc2ccccc2-c2ccc3c(c2)OCO3)[C@@H]1c1ccccc1. The number of carbonyl (C=O) groups is 2. The van der Waals surface area contributed by atoms with E-state index in [1.54, 1.807) is 6.07 Å². The highest BCUT2D eigenvalue weighted by molar-refractivity contribution is 5.87. The number of fused-ring (bicyclic) bond motifs is 1. The minimum absolute atomic E-state index is 0.170. The molecule has 6 heteroatoms. The van der Waals surface area contributed by atoms with Crippen LogP contribution >= 0.6 is 0 Å². The molecule has 0 aromatic heterocycles. The first kappa shape index (κ1) is 22.9. The molecule has 1 fully saturated rings. The van der Waals surface area contributed by atoms with E-state index in [9.17, 15) is 14.7 Å². The summed E-state index contributed by atoms with van der Waals surface area (Å²) in [6.45, 7) is 0.170. The summed E-state index contributed by atoms with van der Waals surface area (Å²) in [5, 5.41) is 10.2. The van der Waals surface area contributed by atoms with Crippen molar-refractivity contribution in [2.45, 2.75) is 11.8 Å². The second-order valence-electron chi connectivity index (χ2n) is 9.25. The Kier molecular flexibility index (Phi) is 5.85. The highest BCUT2D eigenvalue weighted by Crippen LogP contribution is 2.58. The Bertz CT molecular complexity index is 1400. The average molecular weight is 493 g/mol. The Morgan fingerprint density at radius 1 is 0.703 bits per heavy atom. The van der Waals surface area contributed by atoms with Crippen LogP contribution in [0.15, 0.2) is 103 Å². The molecule has 2 aliphatic rings. The molecule has 1 heterocycles. The molecule has 4 atom stereocenters. The number of carboxylic acid groups (broad SMARTS) is 1. The fourth-order valence-corrected chi connectivity index (χ4v) is 5.56. The van der Waals surface area contributed by atoms with Crippen LogP contribution in [0.3, 0.4) is 0 Å². The number of aliphatic carboxylic acids is 1. The molecule has 0 saturated heterocycles. The maximum atomic E-state index is 13.8. The van der Waals surface area contributed by atoms with Crippen LogP contribution in [0.2, 0.25) is 0 Å². The first-order valence-corrected chi connectivity index (χ1v) is 12.2. The minimum atomic E-state index is -0.924. The summed E-state index contributed by atoms with van der Waals surface area (Å²) >= 11 is 0. The van der Waals surface area contributed by atoms with E-state index in [-0.39, 0.29) is 6.79 Å². The van der Waals surface area contributed by atoms with Crippen LogP contribution in [0.1, 0.15) is 23.0 Å². The Balaban J connectivity index is 1.37. The third-order valence-corrected chi connectivity index (χ3v) is 7.26. The maximum absolute atomic E-state index is 13.8. The van der Waals surface area contributed by atoms with Crippen molar-refractivity contribution in [3.63, 3.8) is 0 Å². The standard InChI is InChI=1S/C31H24O6/c32-30(33)28-26(19-9-3-1-4-10-19)29(27(28)20-11-5-2-6-12-20)31(34)37-23-14-8-7-13-22(23)21-15-16-24-25(17-21)36-18-35-24/h1-17,26-29H,18H2,(H,32,33)/t26-,27?,28-,29-/m1/s1. The Morgan fingerprint density at radius 3 is 1.95 bits per heavy atom. The molecular formula is C31H24O6. The van der Waals surface area contributed by atoms with E-state index in [2.05, 4.69) is 0 Å². The molecule has 37 heavy (non-hydrogen) atoms. The quantitative estimate of drug-likeness (QED) is 0.267. The molecule has 0 spiro atoms. The number of carbonyl (C=O) groups excluding carboxylic acids is 1. The van der Waals surface area contributed by atoms with Gasteiger partial charge in [0, 0.05) is 17.4 Å². The predicted molar refractivity (Wildman–Crippen MR) is 137 cm³/mol. The third kappa shape index (κ3) is 4.10. The van der Waals surface area contributed by atoms with E-state index < -0.39 is 35.6 Å². The lowest BCUT2D eigenvalue weighted by atomic mass is 9.52. The van der Waals surface area contributed by atoms with Gasteiger partial charge in [-0.3, -0.25) is 9.59 Å². The molecule has 1 N–H and O–H groups in total. The number of benzene rings is 4. The van der Waals surface area contributed by atoms with Gasteiger partial charge in [-0.15, -0.1) is 0 Å². The Hall–Kier alpha value is -4.58. The molecule has 1 aliphatic carbocycles. The highest BCUT2D eigenvalue weighted by atomic mass is 16.7. The molecule has 4 aromatic rings. The predicted octanol–water partition coefficient (Wildman–Crippen LogP) is 5.89. The van der Waals surface area contributed by atoms with E-state index in [1.165, 1.54) is 0 Å². The molecule has 6 nitrogen and oxygen atoms in total. The van der Waals surface area contributed by atoms with Gasteiger partial charge in [0.25, 0.3) is 0 Å². The van der Waals surface area contributed by atoms with Gasteiger partial charge in [0.2, 0.25) is 6.79 Å². The average Bonchev–Trinajstić information content (AvgIpc) is 3.37. The summed E-state index contributed by atoms with van der Waals surface area (Å²) in [7, 11) is 0. The second-order valence-corrected chi connectivity index (χ2v) is 9.25. The fourth-order valence-electron chi connectivity index (χ4n) is 5.56. The zero-order chi connectivity index (χ0) is 25.4. The van der Waals surface area contributed by atoms with Gasteiger partial charge in [-0.2, -0.15) is 0 Å². The van der Waals surface area contributed by atoms with E-state index in [0.29, 0.717) is 17.2 Å². The van der Waals surface area contributed by atoms with Crippen molar-refractivity contribution in [3.8, 4) is 28.4 Å². The van der Waals surface area contributed by atoms with Crippen LogP contribution in [0.5, 0.6) is 17.2 Å². The molecule has 184 valence electrons. The van der Waals surface area contributed by atoms with Crippen molar-refractivity contribution in [1.82, 2.24) is 0 Å². The molecular weight excluding hydrogens is 468 g/mol. The summed E-state index contributed by atoms with van der Waals surface area (Å²) in [4.78, 5) is 26.3. The summed E-state index contributed by atoms with van der Waals surface area (Å²) in [5.41, 5.74) is 3.18. The lowest BCUT2D eigenvalue weighted by Crippen LogP contribution is -2.52. The molecule has 1 unspecified atom stereocenters. The molecule has 6 rings (SSSR count). The topological polar surface area (TPSA) is 82.1 Å².